The third-order valence-corrected chi connectivity index (χ3v) is 6.97. The lowest BCUT2D eigenvalue weighted by atomic mass is 10.0. The number of likely N-dealkylation sites (N-methyl/N-ethyl adjacent to an activating group) is 1. The van der Waals surface area contributed by atoms with Gasteiger partial charge in [-0.15, -0.1) is 11.3 Å². The van der Waals surface area contributed by atoms with Crippen molar-refractivity contribution in [3.05, 3.63) is 45.6 Å². The van der Waals surface area contributed by atoms with Gasteiger partial charge in [0.1, 0.15) is 15.5 Å². The largest absolute Gasteiger partial charge is 0.493 e. The first-order chi connectivity index (χ1) is 12.8. The standard InChI is InChI=1S/C18H22N2O5S2/c1-20(2)14(12-4-5-15-13(10-12)6-8-25-15)11-19-27(22,23)16-7-9-26-17(16)18(21)24-3/h4-5,7,9-10,14,19H,6,8,11H2,1-3H3/t14-/m0/s1. The third kappa shape index (κ3) is 4.16. The van der Waals surface area contributed by atoms with Crippen molar-refractivity contribution < 1.29 is 22.7 Å². The topological polar surface area (TPSA) is 84.9 Å². The number of nitrogens with zero attached hydrogens (tertiary/aromatic N) is 1. The Morgan fingerprint density at radius 2 is 2.15 bits per heavy atom. The van der Waals surface area contributed by atoms with Gasteiger partial charge >= 0.3 is 5.97 Å². The zero-order valence-electron chi connectivity index (χ0n) is 15.4. The van der Waals surface area contributed by atoms with E-state index < -0.39 is 16.0 Å². The molecule has 146 valence electrons. The molecule has 0 saturated heterocycles. The highest BCUT2D eigenvalue weighted by atomic mass is 32.2. The van der Waals surface area contributed by atoms with E-state index in [1.54, 1.807) is 5.38 Å². The molecule has 0 fully saturated rings. The molecular formula is C18H22N2O5S2. The van der Waals surface area contributed by atoms with Crippen LogP contribution >= 0.6 is 11.3 Å². The molecule has 3 rings (SSSR count). The Balaban J connectivity index is 1.80. The number of esters is 1. The first-order valence-corrected chi connectivity index (χ1v) is 10.8. The van der Waals surface area contributed by atoms with Gasteiger partial charge in [-0.05, 0) is 42.7 Å². The van der Waals surface area contributed by atoms with Crippen LogP contribution in [0.1, 0.15) is 26.8 Å². The molecule has 1 aliphatic heterocycles. The van der Waals surface area contributed by atoms with Crippen molar-refractivity contribution in [3.63, 3.8) is 0 Å². The van der Waals surface area contributed by atoms with Gasteiger partial charge < -0.3 is 14.4 Å². The van der Waals surface area contributed by atoms with E-state index >= 15 is 0 Å². The Bertz CT molecular complexity index is 937. The number of ether oxygens (including phenoxy) is 2. The number of hydrogen-bond acceptors (Lipinski definition) is 7. The average Bonchev–Trinajstić information content (AvgIpc) is 3.29. The predicted octanol–water partition coefficient (Wildman–Crippen LogP) is 2.05. The minimum absolute atomic E-state index is 0.0563. The van der Waals surface area contributed by atoms with Crippen molar-refractivity contribution in [3.8, 4) is 5.75 Å². The predicted molar refractivity (Wildman–Crippen MR) is 103 cm³/mol. The summed E-state index contributed by atoms with van der Waals surface area (Å²) >= 11 is 1.04. The molecule has 1 aromatic carbocycles. The summed E-state index contributed by atoms with van der Waals surface area (Å²) in [5.41, 5.74) is 2.14. The number of carbonyl (C=O) groups is 1. The summed E-state index contributed by atoms with van der Waals surface area (Å²) in [7, 11) is 1.18. The number of methoxy groups -OCH3 is 1. The zero-order valence-corrected chi connectivity index (χ0v) is 17.0. The molecule has 0 amide bonds. The molecule has 1 aliphatic rings. The molecule has 1 aromatic heterocycles. The molecule has 1 atom stereocenters. The van der Waals surface area contributed by atoms with Crippen LogP contribution in [0.2, 0.25) is 0 Å². The van der Waals surface area contributed by atoms with Gasteiger partial charge in [0.2, 0.25) is 10.0 Å². The molecule has 0 bridgehead atoms. The lowest BCUT2D eigenvalue weighted by Crippen LogP contribution is -2.35. The smallest absolute Gasteiger partial charge is 0.349 e. The second kappa shape index (κ2) is 7.97. The molecule has 0 aliphatic carbocycles. The van der Waals surface area contributed by atoms with Gasteiger partial charge in [0.25, 0.3) is 0 Å². The van der Waals surface area contributed by atoms with Crippen molar-refractivity contribution >= 4 is 27.3 Å². The number of benzene rings is 1. The summed E-state index contributed by atoms with van der Waals surface area (Å²) in [6, 6.07) is 7.19. The van der Waals surface area contributed by atoms with E-state index in [2.05, 4.69) is 15.5 Å². The van der Waals surface area contributed by atoms with E-state index in [1.807, 2.05) is 31.1 Å². The van der Waals surface area contributed by atoms with Crippen LogP contribution in [0.4, 0.5) is 0 Å². The first-order valence-electron chi connectivity index (χ1n) is 8.41. The summed E-state index contributed by atoms with van der Waals surface area (Å²) in [6.07, 6.45) is 0.854. The lowest BCUT2D eigenvalue weighted by molar-refractivity contribution is 0.0602. The van der Waals surface area contributed by atoms with Crippen LogP contribution < -0.4 is 9.46 Å². The molecular weight excluding hydrogens is 388 g/mol. The van der Waals surface area contributed by atoms with Crippen molar-refractivity contribution in [2.24, 2.45) is 0 Å². The normalized spacial score (nSPS) is 14.7. The van der Waals surface area contributed by atoms with Crippen LogP contribution in [-0.2, 0) is 21.2 Å². The highest BCUT2D eigenvalue weighted by molar-refractivity contribution is 7.89. The number of nitrogens with one attached hydrogen (secondary N) is 1. The second-order valence-corrected chi connectivity index (χ2v) is 9.05. The summed E-state index contributed by atoms with van der Waals surface area (Å²) < 4.78 is 38.3. The first kappa shape index (κ1) is 19.8. The van der Waals surface area contributed by atoms with E-state index in [1.165, 1.54) is 13.2 Å². The Hall–Kier alpha value is -1.94. The Morgan fingerprint density at radius 3 is 2.85 bits per heavy atom. The number of carbonyl (C=O) groups excluding carboxylic acids is 1. The van der Waals surface area contributed by atoms with Crippen molar-refractivity contribution in [1.29, 1.82) is 0 Å². The Labute approximate surface area is 163 Å². The van der Waals surface area contributed by atoms with E-state index in [0.29, 0.717) is 6.61 Å². The van der Waals surface area contributed by atoms with Gasteiger partial charge in [-0.1, -0.05) is 12.1 Å². The number of rotatable bonds is 7. The SMILES string of the molecule is COC(=O)c1sccc1S(=O)(=O)NC[C@@H](c1ccc2c(c1)CCO2)N(C)C. The zero-order chi connectivity index (χ0) is 19.6. The number of sulfonamides is 1. The summed E-state index contributed by atoms with van der Waals surface area (Å²) in [5.74, 6) is 0.228. The molecule has 0 spiro atoms. The molecule has 9 heteroatoms. The van der Waals surface area contributed by atoms with Crippen molar-refractivity contribution in [1.82, 2.24) is 9.62 Å². The third-order valence-electron chi connectivity index (χ3n) is 4.48. The summed E-state index contributed by atoms with van der Waals surface area (Å²) in [4.78, 5) is 13.8. The number of hydrogen-bond donors (Lipinski definition) is 1. The van der Waals surface area contributed by atoms with Gasteiger partial charge in [0.15, 0.2) is 0 Å². The maximum absolute atomic E-state index is 12.7. The number of thiophene rings is 1. The molecule has 0 saturated carbocycles. The Kier molecular flexibility index (Phi) is 5.85. The van der Waals surface area contributed by atoms with Crippen LogP contribution in [-0.4, -0.2) is 53.6 Å². The van der Waals surface area contributed by atoms with Crippen LogP contribution in [0, 0.1) is 0 Å². The number of fused-ring (bicyclic) bond motifs is 1. The van der Waals surface area contributed by atoms with Crippen LogP contribution in [0.25, 0.3) is 0 Å². The van der Waals surface area contributed by atoms with Gasteiger partial charge in [0.05, 0.1) is 13.7 Å². The molecule has 1 N–H and O–H groups in total. The van der Waals surface area contributed by atoms with E-state index in [-0.39, 0.29) is 22.4 Å². The average molecular weight is 411 g/mol. The van der Waals surface area contributed by atoms with Gasteiger partial charge in [0, 0.05) is 19.0 Å². The minimum atomic E-state index is -3.84. The summed E-state index contributed by atoms with van der Waals surface area (Å²) in [5, 5.41) is 1.56. The second-order valence-electron chi connectivity index (χ2n) is 6.40. The molecule has 27 heavy (non-hydrogen) atoms. The maximum Gasteiger partial charge on any atom is 0.349 e. The van der Waals surface area contributed by atoms with E-state index in [0.717, 1.165) is 34.6 Å². The lowest BCUT2D eigenvalue weighted by Gasteiger charge is -2.25. The van der Waals surface area contributed by atoms with Crippen LogP contribution in [0.15, 0.2) is 34.5 Å². The van der Waals surface area contributed by atoms with Crippen LogP contribution in [0.5, 0.6) is 5.75 Å². The highest BCUT2D eigenvalue weighted by Gasteiger charge is 2.26. The molecule has 0 unspecified atom stereocenters. The van der Waals surface area contributed by atoms with Gasteiger partial charge in [-0.25, -0.2) is 17.9 Å². The minimum Gasteiger partial charge on any atom is -0.493 e. The van der Waals surface area contributed by atoms with E-state index in [4.69, 9.17) is 4.74 Å². The molecule has 2 aromatic rings. The quantitative estimate of drug-likeness (QED) is 0.704. The highest BCUT2D eigenvalue weighted by Crippen LogP contribution is 2.30. The monoisotopic (exact) mass is 410 g/mol. The maximum atomic E-state index is 12.7. The fourth-order valence-electron chi connectivity index (χ4n) is 3.03. The van der Waals surface area contributed by atoms with Crippen molar-refractivity contribution in [2.45, 2.75) is 17.4 Å². The van der Waals surface area contributed by atoms with E-state index in [9.17, 15) is 13.2 Å². The summed E-state index contributed by atoms with van der Waals surface area (Å²) in [6.45, 7) is 0.845. The molecule has 7 nitrogen and oxygen atoms in total. The van der Waals surface area contributed by atoms with Crippen LogP contribution in [0.3, 0.4) is 0 Å². The fourth-order valence-corrected chi connectivity index (χ4v) is 5.40. The van der Waals surface area contributed by atoms with Gasteiger partial charge in [-0.2, -0.15) is 0 Å². The fraction of sp³-hybridized carbons (Fsp3) is 0.389. The molecule has 2 heterocycles. The van der Waals surface area contributed by atoms with Crippen molar-refractivity contribution in [2.75, 3.05) is 34.4 Å². The van der Waals surface area contributed by atoms with Gasteiger partial charge in [-0.3, -0.25) is 0 Å². The Morgan fingerprint density at radius 1 is 1.37 bits per heavy atom. The molecule has 0 radical (unpaired) electrons.